The molecule has 2 aromatic carbocycles. The normalized spacial score (nSPS) is 12.4. The molecule has 4 heteroatoms. The molecule has 0 aliphatic rings. The van der Waals surface area contributed by atoms with Crippen molar-refractivity contribution in [1.29, 1.82) is 0 Å². The van der Waals surface area contributed by atoms with E-state index in [0.717, 1.165) is 10.5 Å². The molecule has 2 aromatic rings. The van der Waals surface area contributed by atoms with E-state index < -0.39 is 6.10 Å². The van der Waals surface area contributed by atoms with Crippen LogP contribution in [0.5, 0.6) is 0 Å². The number of aliphatic hydroxyl groups is 1. The molecule has 0 bridgehead atoms. The predicted molar refractivity (Wildman–Crippen MR) is 78.3 cm³/mol. The lowest BCUT2D eigenvalue weighted by Crippen LogP contribution is -2.01. The van der Waals surface area contributed by atoms with Crippen molar-refractivity contribution in [3.63, 3.8) is 0 Å². The SMILES string of the molecule is Cc1cc(F)cc(C(O)CSc2cccc(Cl)c2)c1. The van der Waals surface area contributed by atoms with Gasteiger partial charge in [-0.05, 0) is 48.4 Å². The van der Waals surface area contributed by atoms with Gasteiger partial charge in [-0.15, -0.1) is 11.8 Å². The van der Waals surface area contributed by atoms with Gasteiger partial charge in [0.15, 0.2) is 0 Å². The molecule has 0 aromatic heterocycles. The van der Waals surface area contributed by atoms with E-state index in [0.29, 0.717) is 16.3 Å². The number of halogens is 2. The Kier molecular flexibility index (Phi) is 4.86. The summed E-state index contributed by atoms with van der Waals surface area (Å²) >= 11 is 7.39. The molecule has 1 unspecified atom stereocenters. The fourth-order valence-corrected chi connectivity index (χ4v) is 2.97. The highest BCUT2D eigenvalue weighted by Gasteiger charge is 2.10. The summed E-state index contributed by atoms with van der Waals surface area (Å²) in [5.74, 6) is 0.144. The van der Waals surface area contributed by atoms with Crippen LogP contribution in [0.1, 0.15) is 17.2 Å². The third-order valence-corrected chi connectivity index (χ3v) is 3.96. The van der Waals surface area contributed by atoms with Crippen LogP contribution in [0, 0.1) is 12.7 Å². The molecule has 1 atom stereocenters. The van der Waals surface area contributed by atoms with Crippen molar-refractivity contribution in [2.75, 3.05) is 5.75 Å². The molecule has 0 aliphatic carbocycles. The maximum atomic E-state index is 13.3. The molecule has 0 saturated carbocycles. The van der Waals surface area contributed by atoms with Crippen molar-refractivity contribution in [1.82, 2.24) is 0 Å². The van der Waals surface area contributed by atoms with Gasteiger partial charge < -0.3 is 5.11 Å². The summed E-state index contributed by atoms with van der Waals surface area (Å²) in [6.07, 6.45) is -0.696. The lowest BCUT2D eigenvalue weighted by atomic mass is 10.1. The highest BCUT2D eigenvalue weighted by atomic mass is 35.5. The average molecular weight is 297 g/mol. The van der Waals surface area contributed by atoms with Crippen LogP contribution in [0.2, 0.25) is 5.02 Å². The summed E-state index contributed by atoms with van der Waals surface area (Å²) in [4.78, 5) is 0.986. The molecule has 0 heterocycles. The first kappa shape index (κ1) is 14.4. The highest BCUT2D eigenvalue weighted by molar-refractivity contribution is 7.99. The summed E-state index contributed by atoms with van der Waals surface area (Å²) in [5.41, 5.74) is 1.41. The predicted octanol–water partition coefficient (Wildman–Crippen LogP) is 4.61. The van der Waals surface area contributed by atoms with Crippen LogP contribution in [0.4, 0.5) is 4.39 Å². The number of aryl methyl sites for hydroxylation is 1. The minimum atomic E-state index is -0.696. The molecular formula is C15H14ClFOS. The van der Waals surface area contributed by atoms with E-state index >= 15 is 0 Å². The summed E-state index contributed by atoms with van der Waals surface area (Å²) in [6, 6.07) is 12.1. The van der Waals surface area contributed by atoms with Crippen molar-refractivity contribution in [2.45, 2.75) is 17.9 Å². The summed E-state index contributed by atoms with van der Waals surface area (Å²) < 4.78 is 13.3. The Bertz CT molecular complexity index is 554. The minimum absolute atomic E-state index is 0.318. The summed E-state index contributed by atoms with van der Waals surface area (Å²) in [7, 11) is 0. The highest BCUT2D eigenvalue weighted by Crippen LogP contribution is 2.27. The number of aliphatic hydroxyl groups excluding tert-OH is 1. The van der Waals surface area contributed by atoms with Gasteiger partial charge in [0.05, 0.1) is 6.10 Å². The standard InChI is InChI=1S/C15H14ClFOS/c1-10-5-11(7-13(17)6-10)15(18)9-19-14-4-2-3-12(16)8-14/h2-8,15,18H,9H2,1H3. The van der Waals surface area contributed by atoms with Crippen molar-refractivity contribution >= 4 is 23.4 Å². The number of benzene rings is 2. The quantitative estimate of drug-likeness (QED) is 0.831. The number of thioether (sulfide) groups is 1. The molecule has 2 rings (SSSR count). The Hall–Kier alpha value is -1.03. The first-order valence-electron chi connectivity index (χ1n) is 5.88. The van der Waals surface area contributed by atoms with Gasteiger partial charge in [0.1, 0.15) is 5.82 Å². The van der Waals surface area contributed by atoms with Gasteiger partial charge in [-0.2, -0.15) is 0 Å². The maximum Gasteiger partial charge on any atom is 0.123 e. The Morgan fingerprint density at radius 3 is 2.74 bits per heavy atom. The van der Waals surface area contributed by atoms with Crippen LogP contribution in [0.3, 0.4) is 0 Å². The lowest BCUT2D eigenvalue weighted by Gasteiger charge is -2.12. The lowest BCUT2D eigenvalue weighted by molar-refractivity contribution is 0.203. The molecule has 0 aliphatic heterocycles. The van der Waals surface area contributed by atoms with E-state index in [1.165, 1.54) is 23.9 Å². The molecular weight excluding hydrogens is 283 g/mol. The van der Waals surface area contributed by atoms with E-state index in [4.69, 9.17) is 11.6 Å². The van der Waals surface area contributed by atoms with E-state index in [1.54, 1.807) is 12.1 Å². The van der Waals surface area contributed by atoms with Gasteiger partial charge in [0.2, 0.25) is 0 Å². The molecule has 0 spiro atoms. The zero-order valence-corrected chi connectivity index (χ0v) is 12.0. The Morgan fingerprint density at radius 2 is 2.05 bits per heavy atom. The van der Waals surface area contributed by atoms with E-state index in [2.05, 4.69) is 0 Å². The number of hydrogen-bond acceptors (Lipinski definition) is 2. The van der Waals surface area contributed by atoms with Gasteiger partial charge in [-0.1, -0.05) is 23.7 Å². The van der Waals surface area contributed by atoms with Crippen molar-refractivity contribution < 1.29 is 9.50 Å². The second-order valence-electron chi connectivity index (χ2n) is 4.35. The van der Waals surface area contributed by atoms with Gasteiger partial charge in [0.25, 0.3) is 0 Å². The van der Waals surface area contributed by atoms with Gasteiger partial charge >= 0.3 is 0 Å². The van der Waals surface area contributed by atoms with Crippen LogP contribution in [-0.4, -0.2) is 10.9 Å². The van der Waals surface area contributed by atoms with Crippen LogP contribution >= 0.6 is 23.4 Å². The Labute approximate surface area is 121 Å². The third-order valence-electron chi connectivity index (χ3n) is 2.65. The summed E-state index contributed by atoms with van der Waals surface area (Å²) in [6.45, 7) is 1.81. The largest absolute Gasteiger partial charge is 0.388 e. The smallest absolute Gasteiger partial charge is 0.123 e. The van der Waals surface area contributed by atoms with E-state index in [9.17, 15) is 9.50 Å². The number of rotatable bonds is 4. The molecule has 0 fully saturated rings. The van der Waals surface area contributed by atoms with E-state index in [1.807, 2.05) is 25.1 Å². The fourth-order valence-electron chi connectivity index (χ4n) is 1.79. The molecule has 19 heavy (non-hydrogen) atoms. The fraction of sp³-hybridized carbons (Fsp3) is 0.200. The van der Waals surface area contributed by atoms with Gasteiger partial charge in [0, 0.05) is 15.7 Å². The second kappa shape index (κ2) is 6.42. The van der Waals surface area contributed by atoms with Gasteiger partial charge in [-0.25, -0.2) is 4.39 Å². The zero-order chi connectivity index (χ0) is 13.8. The zero-order valence-electron chi connectivity index (χ0n) is 10.4. The van der Waals surface area contributed by atoms with Crippen molar-refractivity contribution in [3.8, 4) is 0 Å². The van der Waals surface area contributed by atoms with Crippen molar-refractivity contribution in [2.24, 2.45) is 0 Å². The molecule has 1 nitrogen and oxygen atoms in total. The molecule has 0 amide bonds. The average Bonchev–Trinajstić information content (AvgIpc) is 2.35. The minimum Gasteiger partial charge on any atom is -0.388 e. The summed E-state index contributed by atoms with van der Waals surface area (Å²) in [5, 5.41) is 10.7. The topological polar surface area (TPSA) is 20.2 Å². The van der Waals surface area contributed by atoms with Crippen LogP contribution in [-0.2, 0) is 0 Å². The second-order valence-corrected chi connectivity index (χ2v) is 5.88. The molecule has 0 radical (unpaired) electrons. The van der Waals surface area contributed by atoms with E-state index in [-0.39, 0.29) is 5.82 Å². The van der Waals surface area contributed by atoms with Crippen LogP contribution < -0.4 is 0 Å². The first-order chi connectivity index (χ1) is 9.04. The van der Waals surface area contributed by atoms with Crippen LogP contribution in [0.25, 0.3) is 0 Å². The number of hydrogen-bond donors (Lipinski definition) is 1. The third kappa shape index (κ3) is 4.23. The maximum absolute atomic E-state index is 13.3. The Morgan fingerprint density at radius 1 is 1.26 bits per heavy atom. The molecule has 0 saturated heterocycles. The van der Waals surface area contributed by atoms with Crippen LogP contribution in [0.15, 0.2) is 47.4 Å². The first-order valence-corrected chi connectivity index (χ1v) is 7.24. The Balaban J connectivity index is 2.03. The van der Waals surface area contributed by atoms with Crippen molar-refractivity contribution in [3.05, 3.63) is 64.4 Å². The molecule has 1 N–H and O–H groups in total. The molecule has 100 valence electrons. The monoisotopic (exact) mass is 296 g/mol. The van der Waals surface area contributed by atoms with Gasteiger partial charge in [-0.3, -0.25) is 0 Å².